The molecule has 0 bridgehead atoms. The van der Waals surface area contributed by atoms with Gasteiger partial charge in [-0.3, -0.25) is 4.90 Å². The SMILES string of the molecule is Cc1ccc(N2C(c3c(C)cc(C)cc3C)=NOC23C=CC=CC=C3)cc1. The fourth-order valence-electron chi connectivity index (χ4n) is 3.85. The van der Waals surface area contributed by atoms with E-state index in [0.717, 1.165) is 17.1 Å². The van der Waals surface area contributed by atoms with Crippen molar-refractivity contribution in [2.45, 2.75) is 33.4 Å². The molecule has 3 nitrogen and oxygen atoms in total. The van der Waals surface area contributed by atoms with Gasteiger partial charge in [0.25, 0.3) is 5.72 Å². The standard InChI is InChI=1S/C24H24N2O/c1-17-9-11-21(12-10-17)26-23(22-19(3)15-18(2)16-20(22)4)25-27-24(26)13-7-5-6-8-14-24/h5-16H,1-4H3. The number of hydrogen-bond donors (Lipinski definition) is 0. The molecule has 0 atom stereocenters. The van der Waals surface area contributed by atoms with Gasteiger partial charge in [-0.05, 0) is 63.1 Å². The van der Waals surface area contributed by atoms with Crippen LogP contribution in [0.2, 0.25) is 0 Å². The highest BCUT2D eigenvalue weighted by molar-refractivity contribution is 6.13. The van der Waals surface area contributed by atoms with Gasteiger partial charge in [-0.15, -0.1) is 0 Å². The number of rotatable bonds is 2. The Kier molecular flexibility index (Phi) is 4.23. The Morgan fingerprint density at radius 3 is 1.96 bits per heavy atom. The van der Waals surface area contributed by atoms with E-state index in [2.05, 4.69) is 74.1 Å². The summed E-state index contributed by atoms with van der Waals surface area (Å²) in [5.74, 6) is 0.838. The summed E-state index contributed by atoms with van der Waals surface area (Å²) >= 11 is 0. The third-order valence-corrected chi connectivity index (χ3v) is 5.04. The van der Waals surface area contributed by atoms with Crippen molar-refractivity contribution >= 4 is 11.5 Å². The van der Waals surface area contributed by atoms with Crippen molar-refractivity contribution in [1.29, 1.82) is 0 Å². The van der Waals surface area contributed by atoms with Crippen LogP contribution in [0.1, 0.15) is 27.8 Å². The maximum Gasteiger partial charge on any atom is 0.254 e. The molecular weight excluding hydrogens is 332 g/mol. The van der Waals surface area contributed by atoms with E-state index in [1.165, 1.54) is 22.3 Å². The molecule has 3 heteroatoms. The Balaban J connectivity index is 1.90. The highest BCUT2D eigenvalue weighted by atomic mass is 16.7. The zero-order valence-corrected chi connectivity index (χ0v) is 16.2. The molecule has 0 radical (unpaired) electrons. The molecule has 1 aliphatic carbocycles. The molecule has 4 rings (SSSR count). The number of anilines is 1. The van der Waals surface area contributed by atoms with Crippen LogP contribution in [0.15, 0.2) is 78.0 Å². The third-order valence-electron chi connectivity index (χ3n) is 5.04. The molecule has 0 saturated carbocycles. The summed E-state index contributed by atoms with van der Waals surface area (Å²) < 4.78 is 0. The maximum absolute atomic E-state index is 6.07. The average Bonchev–Trinajstić information content (AvgIpc) is 2.81. The van der Waals surface area contributed by atoms with Crippen LogP contribution in [0, 0.1) is 27.7 Å². The number of oxime groups is 1. The number of hydrogen-bond acceptors (Lipinski definition) is 3. The van der Waals surface area contributed by atoms with Gasteiger partial charge in [0.2, 0.25) is 0 Å². The minimum absolute atomic E-state index is 0.766. The molecule has 0 unspecified atom stereocenters. The highest BCUT2D eigenvalue weighted by Gasteiger charge is 2.44. The molecule has 27 heavy (non-hydrogen) atoms. The molecule has 136 valence electrons. The lowest BCUT2D eigenvalue weighted by Crippen LogP contribution is -2.46. The van der Waals surface area contributed by atoms with Crippen molar-refractivity contribution in [3.05, 3.63) is 101 Å². The van der Waals surface area contributed by atoms with E-state index >= 15 is 0 Å². The first-order chi connectivity index (χ1) is 13.0. The Bertz CT molecular complexity index is 955. The van der Waals surface area contributed by atoms with Gasteiger partial charge in [-0.2, -0.15) is 0 Å². The molecule has 0 saturated heterocycles. The fraction of sp³-hybridized carbons (Fsp3) is 0.208. The second kappa shape index (κ2) is 6.58. The minimum Gasteiger partial charge on any atom is -0.356 e. The van der Waals surface area contributed by atoms with E-state index in [1.807, 2.05) is 36.5 Å². The fourth-order valence-corrected chi connectivity index (χ4v) is 3.85. The lowest BCUT2D eigenvalue weighted by molar-refractivity contribution is 0.0608. The summed E-state index contributed by atoms with van der Waals surface area (Å²) in [4.78, 5) is 8.24. The quantitative estimate of drug-likeness (QED) is 0.710. The Morgan fingerprint density at radius 2 is 1.37 bits per heavy atom. The van der Waals surface area contributed by atoms with Gasteiger partial charge in [0.05, 0.1) is 0 Å². The predicted molar refractivity (Wildman–Crippen MR) is 112 cm³/mol. The summed E-state index contributed by atoms with van der Waals surface area (Å²) in [5, 5.41) is 4.57. The topological polar surface area (TPSA) is 24.8 Å². The maximum atomic E-state index is 6.07. The first kappa shape index (κ1) is 17.3. The van der Waals surface area contributed by atoms with Gasteiger partial charge >= 0.3 is 0 Å². The first-order valence-corrected chi connectivity index (χ1v) is 9.25. The van der Waals surface area contributed by atoms with E-state index < -0.39 is 5.72 Å². The Hall–Kier alpha value is -3.07. The predicted octanol–water partition coefficient (Wildman–Crippen LogP) is 5.50. The number of aryl methyl sites for hydroxylation is 4. The minimum atomic E-state index is -0.766. The molecule has 1 heterocycles. The molecule has 2 aromatic rings. The second-order valence-electron chi connectivity index (χ2n) is 7.31. The van der Waals surface area contributed by atoms with E-state index in [0.29, 0.717) is 0 Å². The Morgan fingerprint density at radius 1 is 0.778 bits per heavy atom. The molecule has 2 aromatic carbocycles. The van der Waals surface area contributed by atoms with Crippen molar-refractivity contribution in [3.63, 3.8) is 0 Å². The van der Waals surface area contributed by atoms with Crippen molar-refractivity contribution in [1.82, 2.24) is 0 Å². The van der Waals surface area contributed by atoms with Crippen molar-refractivity contribution in [2.75, 3.05) is 4.90 Å². The summed E-state index contributed by atoms with van der Waals surface area (Å²) in [5.41, 5.74) is 6.28. The summed E-state index contributed by atoms with van der Waals surface area (Å²) in [6.45, 7) is 8.49. The monoisotopic (exact) mass is 356 g/mol. The first-order valence-electron chi connectivity index (χ1n) is 9.25. The summed E-state index contributed by atoms with van der Waals surface area (Å²) in [6.07, 6.45) is 12.1. The van der Waals surface area contributed by atoms with Gasteiger partial charge in [-0.1, -0.05) is 64.9 Å². The molecule has 0 N–H and O–H groups in total. The summed E-state index contributed by atoms with van der Waals surface area (Å²) in [7, 11) is 0. The molecular formula is C24H24N2O. The number of nitrogens with zero attached hydrogens (tertiary/aromatic N) is 2. The third kappa shape index (κ3) is 2.99. The van der Waals surface area contributed by atoms with Gasteiger partial charge in [0.1, 0.15) is 0 Å². The van der Waals surface area contributed by atoms with E-state index in [4.69, 9.17) is 4.84 Å². The smallest absolute Gasteiger partial charge is 0.254 e. The van der Waals surface area contributed by atoms with Crippen molar-refractivity contribution in [2.24, 2.45) is 5.16 Å². The second-order valence-corrected chi connectivity index (χ2v) is 7.31. The van der Waals surface area contributed by atoms with Gasteiger partial charge in [-0.25, -0.2) is 0 Å². The van der Waals surface area contributed by atoms with Crippen LogP contribution in [0.4, 0.5) is 5.69 Å². The highest BCUT2D eigenvalue weighted by Crippen LogP contribution is 2.37. The molecule has 0 aromatic heterocycles. The molecule has 1 spiro atoms. The van der Waals surface area contributed by atoms with Crippen LogP contribution in [-0.4, -0.2) is 11.6 Å². The van der Waals surface area contributed by atoms with Crippen LogP contribution < -0.4 is 4.90 Å². The van der Waals surface area contributed by atoms with Crippen LogP contribution in [0.25, 0.3) is 0 Å². The van der Waals surface area contributed by atoms with Crippen molar-refractivity contribution < 1.29 is 4.84 Å². The largest absolute Gasteiger partial charge is 0.356 e. The van der Waals surface area contributed by atoms with Crippen LogP contribution >= 0.6 is 0 Å². The van der Waals surface area contributed by atoms with E-state index in [9.17, 15) is 0 Å². The van der Waals surface area contributed by atoms with Gasteiger partial charge in [0, 0.05) is 11.3 Å². The molecule has 0 fully saturated rings. The lowest BCUT2D eigenvalue weighted by atomic mass is 9.97. The number of allylic oxidation sites excluding steroid dienone is 4. The van der Waals surface area contributed by atoms with Gasteiger partial charge < -0.3 is 4.84 Å². The normalized spacial score (nSPS) is 17.2. The zero-order valence-electron chi connectivity index (χ0n) is 16.2. The molecule has 1 aliphatic heterocycles. The number of amidine groups is 1. The zero-order chi connectivity index (χ0) is 19.0. The van der Waals surface area contributed by atoms with Crippen LogP contribution in [0.5, 0.6) is 0 Å². The van der Waals surface area contributed by atoms with E-state index in [-0.39, 0.29) is 0 Å². The van der Waals surface area contributed by atoms with Crippen molar-refractivity contribution in [3.8, 4) is 0 Å². The molecule has 0 amide bonds. The lowest BCUT2D eigenvalue weighted by Gasteiger charge is -2.33. The summed E-state index contributed by atoms with van der Waals surface area (Å²) in [6, 6.07) is 12.9. The average molecular weight is 356 g/mol. The van der Waals surface area contributed by atoms with E-state index in [1.54, 1.807) is 0 Å². The molecule has 2 aliphatic rings. The Labute approximate surface area is 161 Å². The van der Waals surface area contributed by atoms with Gasteiger partial charge in [0.15, 0.2) is 5.84 Å². The van der Waals surface area contributed by atoms with Crippen LogP contribution in [0.3, 0.4) is 0 Å². The van der Waals surface area contributed by atoms with Crippen LogP contribution in [-0.2, 0) is 4.84 Å². The number of benzene rings is 2.